The number of anilines is 1. The van der Waals surface area contributed by atoms with Crippen LogP contribution in [0.2, 0.25) is 0 Å². The fourth-order valence-corrected chi connectivity index (χ4v) is 1.78. The van der Waals surface area contributed by atoms with Crippen LogP contribution in [-0.4, -0.2) is 16.4 Å². The molecule has 0 radical (unpaired) electrons. The number of amides is 1. The quantitative estimate of drug-likeness (QED) is 0.755. The van der Waals surface area contributed by atoms with Crippen molar-refractivity contribution < 1.29 is 4.79 Å². The molecule has 0 spiro atoms. The molecule has 94 valence electrons. The smallest absolute Gasteiger partial charge is 0.270 e. The highest BCUT2D eigenvalue weighted by molar-refractivity contribution is 6.05. The number of hydrogen-bond donors (Lipinski definition) is 2. The van der Waals surface area contributed by atoms with Crippen molar-refractivity contribution in [2.45, 2.75) is 26.3 Å². The van der Waals surface area contributed by atoms with Gasteiger partial charge in [-0.2, -0.15) is 0 Å². The van der Waals surface area contributed by atoms with E-state index >= 15 is 0 Å². The predicted octanol–water partition coefficient (Wildman–Crippen LogP) is 2.35. The predicted molar refractivity (Wildman–Crippen MR) is 73.4 cm³/mol. The molecule has 0 bridgehead atoms. The first-order valence-corrected chi connectivity index (χ1v) is 5.83. The molecule has 3 N–H and O–H groups in total. The Morgan fingerprint density at radius 2 is 2.00 bits per heavy atom. The zero-order valence-electron chi connectivity index (χ0n) is 10.8. The number of carbonyl (C=O) groups is 1. The number of nitrogens with one attached hydrogen (secondary N) is 1. The lowest BCUT2D eigenvalue weighted by molar-refractivity contribution is 0.0916. The molecular weight excluding hydrogens is 226 g/mol. The van der Waals surface area contributed by atoms with E-state index in [1.807, 2.05) is 39.0 Å². The van der Waals surface area contributed by atoms with Gasteiger partial charge in [-0.1, -0.05) is 0 Å². The van der Waals surface area contributed by atoms with Crippen molar-refractivity contribution in [2.24, 2.45) is 0 Å². The molecule has 0 aliphatic rings. The summed E-state index contributed by atoms with van der Waals surface area (Å²) in [5.41, 5.74) is 6.56. The zero-order chi connectivity index (χ0) is 13.3. The van der Waals surface area contributed by atoms with Crippen LogP contribution in [0.5, 0.6) is 0 Å². The summed E-state index contributed by atoms with van der Waals surface area (Å²) in [7, 11) is 0. The number of rotatable bonds is 1. The van der Waals surface area contributed by atoms with Gasteiger partial charge in [-0.3, -0.25) is 9.78 Å². The molecule has 0 fully saturated rings. The van der Waals surface area contributed by atoms with E-state index in [0.717, 1.165) is 10.8 Å². The van der Waals surface area contributed by atoms with Crippen molar-refractivity contribution in [3.63, 3.8) is 0 Å². The summed E-state index contributed by atoms with van der Waals surface area (Å²) in [5, 5.41) is 4.64. The third-order valence-corrected chi connectivity index (χ3v) is 2.49. The SMILES string of the molecule is CC(C)(C)NC(=O)c1nccc2cc(N)ccc12. The Hall–Kier alpha value is -2.10. The molecule has 1 aromatic carbocycles. The van der Waals surface area contributed by atoms with E-state index in [1.165, 1.54) is 0 Å². The Morgan fingerprint density at radius 1 is 1.28 bits per heavy atom. The van der Waals surface area contributed by atoms with Crippen molar-refractivity contribution in [1.29, 1.82) is 0 Å². The number of pyridine rings is 1. The lowest BCUT2D eigenvalue weighted by atomic mass is 10.1. The first-order chi connectivity index (χ1) is 8.37. The largest absolute Gasteiger partial charge is 0.399 e. The first-order valence-electron chi connectivity index (χ1n) is 5.83. The number of carbonyl (C=O) groups excluding carboxylic acids is 1. The normalized spacial score (nSPS) is 11.5. The molecule has 0 atom stereocenters. The number of hydrogen-bond acceptors (Lipinski definition) is 3. The maximum absolute atomic E-state index is 12.2. The molecule has 0 aliphatic carbocycles. The number of nitrogen functional groups attached to an aromatic ring is 1. The Bertz CT molecular complexity index is 600. The minimum atomic E-state index is -0.283. The van der Waals surface area contributed by atoms with Gasteiger partial charge >= 0.3 is 0 Å². The monoisotopic (exact) mass is 243 g/mol. The number of fused-ring (bicyclic) bond motifs is 1. The first kappa shape index (κ1) is 12.4. The fourth-order valence-electron chi connectivity index (χ4n) is 1.78. The summed E-state index contributed by atoms with van der Waals surface area (Å²) >= 11 is 0. The second-order valence-electron chi connectivity index (χ2n) is 5.34. The lowest BCUT2D eigenvalue weighted by Gasteiger charge is -2.20. The summed E-state index contributed by atoms with van der Waals surface area (Å²) in [4.78, 5) is 16.3. The second-order valence-corrected chi connectivity index (χ2v) is 5.34. The summed E-state index contributed by atoms with van der Waals surface area (Å²) < 4.78 is 0. The van der Waals surface area contributed by atoms with Crippen molar-refractivity contribution in [2.75, 3.05) is 5.73 Å². The molecule has 1 amide bonds. The molecule has 0 unspecified atom stereocenters. The van der Waals surface area contributed by atoms with E-state index in [4.69, 9.17) is 5.73 Å². The van der Waals surface area contributed by atoms with Gasteiger partial charge in [-0.15, -0.1) is 0 Å². The number of nitrogens with two attached hydrogens (primary N) is 1. The molecule has 2 rings (SSSR count). The van der Waals surface area contributed by atoms with Crippen LogP contribution in [0.15, 0.2) is 30.5 Å². The van der Waals surface area contributed by atoms with Gasteiger partial charge < -0.3 is 11.1 Å². The van der Waals surface area contributed by atoms with E-state index in [1.54, 1.807) is 12.3 Å². The van der Waals surface area contributed by atoms with Gasteiger partial charge in [0.15, 0.2) is 0 Å². The molecule has 0 saturated heterocycles. The Morgan fingerprint density at radius 3 is 2.67 bits per heavy atom. The van der Waals surface area contributed by atoms with Crippen LogP contribution in [0, 0.1) is 0 Å². The minimum Gasteiger partial charge on any atom is -0.399 e. The molecule has 0 aliphatic heterocycles. The molecule has 1 heterocycles. The van der Waals surface area contributed by atoms with E-state index in [2.05, 4.69) is 10.3 Å². The molecule has 4 nitrogen and oxygen atoms in total. The molecule has 1 aromatic heterocycles. The van der Waals surface area contributed by atoms with Gasteiger partial charge in [0.25, 0.3) is 5.91 Å². The van der Waals surface area contributed by atoms with Crippen LogP contribution in [-0.2, 0) is 0 Å². The van der Waals surface area contributed by atoms with Crippen LogP contribution in [0.3, 0.4) is 0 Å². The van der Waals surface area contributed by atoms with Gasteiger partial charge in [0, 0.05) is 22.8 Å². The van der Waals surface area contributed by atoms with Crippen LogP contribution >= 0.6 is 0 Å². The van der Waals surface area contributed by atoms with Crippen LogP contribution in [0.25, 0.3) is 10.8 Å². The third-order valence-electron chi connectivity index (χ3n) is 2.49. The zero-order valence-corrected chi connectivity index (χ0v) is 10.8. The van der Waals surface area contributed by atoms with Gasteiger partial charge in [0.05, 0.1) is 0 Å². The molecule has 2 aromatic rings. The number of nitrogens with zero attached hydrogens (tertiary/aromatic N) is 1. The Labute approximate surface area is 106 Å². The summed E-state index contributed by atoms with van der Waals surface area (Å²) in [6, 6.07) is 7.29. The average Bonchev–Trinajstić information content (AvgIpc) is 2.25. The van der Waals surface area contributed by atoms with Crippen molar-refractivity contribution in [3.05, 3.63) is 36.2 Å². The third kappa shape index (κ3) is 2.59. The highest BCUT2D eigenvalue weighted by atomic mass is 16.2. The molecule has 0 saturated carbocycles. The topological polar surface area (TPSA) is 68.0 Å². The molecule has 18 heavy (non-hydrogen) atoms. The highest BCUT2D eigenvalue weighted by Gasteiger charge is 2.18. The van der Waals surface area contributed by atoms with Gasteiger partial charge in [0.1, 0.15) is 5.69 Å². The van der Waals surface area contributed by atoms with Crippen molar-refractivity contribution in [3.8, 4) is 0 Å². The van der Waals surface area contributed by atoms with Crippen LogP contribution < -0.4 is 11.1 Å². The highest BCUT2D eigenvalue weighted by Crippen LogP contribution is 2.20. The summed E-state index contributed by atoms with van der Waals surface area (Å²) in [6.45, 7) is 5.82. The molecular formula is C14H17N3O. The standard InChI is InChI=1S/C14H17N3O/c1-14(2,3)17-13(18)12-11-5-4-10(15)8-9(11)6-7-16-12/h4-8H,15H2,1-3H3,(H,17,18). The van der Waals surface area contributed by atoms with Gasteiger partial charge in [-0.05, 0) is 50.4 Å². The molecule has 4 heteroatoms. The fraction of sp³-hybridized carbons (Fsp3) is 0.286. The second kappa shape index (κ2) is 4.29. The van der Waals surface area contributed by atoms with Gasteiger partial charge in [-0.25, -0.2) is 0 Å². The maximum Gasteiger partial charge on any atom is 0.270 e. The van der Waals surface area contributed by atoms with E-state index < -0.39 is 0 Å². The maximum atomic E-state index is 12.2. The average molecular weight is 243 g/mol. The summed E-state index contributed by atoms with van der Waals surface area (Å²) in [5.74, 6) is -0.169. The Kier molecular flexibility index (Phi) is 2.95. The number of aromatic nitrogens is 1. The van der Waals surface area contributed by atoms with Gasteiger partial charge in [0.2, 0.25) is 0 Å². The van der Waals surface area contributed by atoms with Crippen molar-refractivity contribution in [1.82, 2.24) is 10.3 Å². The lowest BCUT2D eigenvalue weighted by Crippen LogP contribution is -2.41. The summed E-state index contributed by atoms with van der Waals surface area (Å²) in [6.07, 6.45) is 1.62. The minimum absolute atomic E-state index is 0.169. The number of benzene rings is 1. The van der Waals surface area contributed by atoms with E-state index in [9.17, 15) is 4.79 Å². The van der Waals surface area contributed by atoms with Crippen molar-refractivity contribution >= 4 is 22.4 Å². The van der Waals surface area contributed by atoms with E-state index in [-0.39, 0.29) is 11.4 Å². The van der Waals surface area contributed by atoms with Crippen LogP contribution in [0.1, 0.15) is 31.3 Å². The van der Waals surface area contributed by atoms with E-state index in [0.29, 0.717) is 11.4 Å². The Balaban J connectivity index is 2.48. The van der Waals surface area contributed by atoms with Crippen LogP contribution in [0.4, 0.5) is 5.69 Å².